The van der Waals surface area contributed by atoms with Crippen molar-refractivity contribution in [1.82, 2.24) is 9.88 Å². The Labute approximate surface area is 139 Å². The predicted molar refractivity (Wildman–Crippen MR) is 89.6 cm³/mol. The molecule has 0 radical (unpaired) electrons. The van der Waals surface area contributed by atoms with Gasteiger partial charge in [0.1, 0.15) is 0 Å². The first kappa shape index (κ1) is 16.9. The molecule has 1 heterocycles. The zero-order chi connectivity index (χ0) is 16.5. The number of hydrogen-bond acceptors (Lipinski definition) is 5. The molecule has 1 amide bonds. The molecule has 2 rings (SSSR count). The molecule has 0 aliphatic rings. The standard InChI is InChI=1S/C17H18N4OS/c18-10-4-12-21(13-5-11-19)17(22)9-3-8-16-20-14-6-1-2-7-15(14)23-16/h1-2,6-7H,3-5,8-9,12-13H2. The highest BCUT2D eigenvalue weighted by atomic mass is 32.1. The van der Waals surface area contributed by atoms with Crippen LogP contribution in [0.25, 0.3) is 10.2 Å². The van der Waals surface area contributed by atoms with E-state index in [1.807, 2.05) is 36.4 Å². The SMILES string of the molecule is N#CCCN(CCC#N)C(=O)CCCc1nc2ccccc2s1. The Balaban J connectivity index is 1.84. The summed E-state index contributed by atoms with van der Waals surface area (Å²) in [4.78, 5) is 18.4. The third kappa shape index (κ3) is 5.05. The van der Waals surface area contributed by atoms with Gasteiger partial charge in [-0.1, -0.05) is 12.1 Å². The number of aromatic nitrogens is 1. The number of fused-ring (bicyclic) bond motifs is 1. The first-order valence-electron chi connectivity index (χ1n) is 7.60. The molecule has 118 valence electrons. The van der Waals surface area contributed by atoms with Gasteiger partial charge in [-0.15, -0.1) is 11.3 Å². The summed E-state index contributed by atoms with van der Waals surface area (Å²) in [6.45, 7) is 0.802. The molecule has 6 heteroatoms. The number of para-hydroxylation sites is 1. The third-order valence-electron chi connectivity index (χ3n) is 3.46. The molecule has 2 aromatic rings. The van der Waals surface area contributed by atoms with Crippen molar-refractivity contribution in [1.29, 1.82) is 10.5 Å². The normalized spacial score (nSPS) is 10.2. The van der Waals surface area contributed by atoms with E-state index in [-0.39, 0.29) is 5.91 Å². The smallest absolute Gasteiger partial charge is 0.222 e. The molecule has 0 saturated carbocycles. The molecule has 0 fully saturated rings. The van der Waals surface area contributed by atoms with Gasteiger partial charge in [-0.05, 0) is 25.0 Å². The molecule has 1 aromatic heterocycles. The zero-order valence-corrected chi connectivity index (χ0v) is 13.7. The first-order valence-corrected chi connectivity index (χ1v) is 8.42. The van der Waals surface area contributed by atoms with Crippen molar-refractivity contribution in [2.45, 2.75) is 32.1 Å². The molecule has 0 aliphatic carbocycles. The first-order chi connectivity index (χ1) is 11.2. The number of nitriles is 2. The van der Waals surface area contributed by atoms with Gasteiger partial charge in [0.25, 0.3) is 0 Å². The molecule has 0 unspecified atom stereocenters. The van der Waals surface area contributed by atoms with Crippen LogP contribution in [-0.4, -0.2) is 28.9 Å². The van der Waals surface area contributed by atoms with Gasteiger partial charge in [0.15, 0.2) is 0 Å². The minimum Gasteiger partial charge on any atom is -0.341 e. The number of carbonyl (C=O) groups is 1. The fourth-order valence-corrected chi connectivity index (χ4v) is 3.32. The van der Waals surface area contributed by atoms with Crippen LogP contribution in [0.1, 0.15) is 30.7 Å². The van der Waals surface area contributed by atoms with Gasteiger partial charge in [-0.3, -0.25) is 4.79 Å². The lowest BCUT2D eigenvalue weighted by molar-refractivity contribution is -0.131. The van der Waals surface area contributed by atoms with Crippen LogP contribution >= 0.6 is 11.3 Å². The second-order valence-electron chi connectivity index (χ2n) is 5.13. The van der Waals surface area contributed by atoms with Crippen LogP contribution in [0.2, 0.25) is 0 Å². The van der Waals surface area contributed by atoms with Crippen LogP contribution in [0.4, 0.5) is 0 Å². The topological polar surface area (TPSA) is 80.8 Å². The van der Waals surface area contributed by atoms with Crippen LogP contribution in [0.5, 0.6) is 0 Å². The molecule has 0 saturated heterocycles. The quantitative estimate of drug-likeness (QED) is 0.745. The summed E-state index contributed by atoms with van der Waals surface area (Å²) in [5.41, 5.74) is 1.00. The fourth-order valence-electron chi connectivity index (χ4n) is 2.31. The Morgan fingerprint density at radius 2 is 1.87 bits per heavy atom. The van der Waals surface area contributed by atoms with E-state index < -0.39 is 0 Å². The number of amides is 1. The largest absolute Gasteiger partial charge is 0.341 e. The van der Waals surface area contributed by atoms with Crippen LogP contribution in [0.15, 0.2) is 24.3 Å². The van der Waals surface area contributed by atoms with E-state index >= 15 is 0 Å². The summed E-state index contributed by atoms with van der Waals surface area (Å²) in [6.07, 6.45) is 2.53. The lowest BCUT2D eigenvalue weighted by Crippen LogP contribution is -2.32. The maximum Gasteiger partial charge on any atom is 0.222 e. The van der Waals surface area contributed by atoms with Gasteiger partial charge >= 0.3 is 0 Å². The van der Waals surface area contributed by atoms with Crippen molar-refractivity contribution in [2.24, 2.45) is 0 Å². The van der Waals surface area contributed by atoms with Crippen LogP contribution in [0, 0.1) is 22.7 Å². The fraction of sp³-hybridized carbons (Fsp3) is 0.412. The highest BCUT2D eigenvalue weighted by Crippen LogP contribution is 2.22. The molecule has 5 nitrogen and oxygen atoms in total. The molecular formula is C17H18N4OS. The number of aryl methyl sites for hydroxylation is 1. The summed E-state index contributed by atoms with van der Waals surface area (Å²) < 4.78 is 1.17. The monoisotopic (exact) mass is 326 g/mol. The lowest BCUT2D eigenvalue weighted by atomic mass is 10.2. The molecule has 23 heavy (non-hydrogen) atoms. The number of thiazole rings is 1. The van der Waals surface area contributed by atoms with Crippen LogP contribution < -0.4 is 0 Å². The average Bonchev–Trinajstić information content (AvgIpc) is 2.97. The van der Waals surface area contributed by atoms with Gasteiger partial charge in [0, 0.05) is 19.5 Å². The maximum atomic E-state index is 12.2. The van der Waals surface area contributed by atoms with E-state index in [0.29, 0.717) is 32.4 Å². The Bertz CT molecular complexity index is 690. The minimum absolute atomic E-state index is 0.0108. The van der Waals surface area contributed by atoms with Crippen LogP contribution in [-0.2, 0) is 11.2 Å². The van der Waals surface area contributed by atoms with E-state index in [2.05, 4.69) is 4.98 Å². The second-order valence-corrected chi connectivity index (χ2v) is 6.24. The van der Waals surface area contributed by atoms with E-state index in [1.54, 1.807) is 16.2 Å². The third-order valence-corrected chi connectivity index (χ3v) is 4.56. The molecule has 0 spiro atoms. The van der Waals surface area contributed by atoms with Crippen LogP contribution in [0.3, 0.4) is 0 Å². The van der Waals surface area contributed by atoms with E-state index in [4.69, 9.17) is 10.5 Å². The van der Waals surface area contributed by atoms with E-state index in [9.17, 15) is 4.79 Å². The predicted octanol–water partition coefficient (Wildman–Crippen LogP) is 3.27. The summed E-state index contributed by atoms with van der Waals surface area (Å²) in [6, 6.07) is 12.1. The highest BCUT2D eigenvalue weighted by Gasteiger charge is 2.13. The summed E-state index contributed by atoms with van der Waals surface area (Å²) >= 11 is 1.66. The number of carbonyl (C=O) groups excluding carboxylic acids is 1. The van der Waals surface area contributed by atoms with Gasteiger partial charge < -0.3 is 4.90 Å². The summed E-state index contributed by atoms with van der Waals surface area (Å²) in [7, 11) is 0. The number of benzene rings is 1. The molecule has 0 atom stereocenters. The molecule has 0 N–H and O–H groups in total. The minimum atomic E-state index is 0.0108. The van der Waals surface area contributed by atoms with Gasteiger partial charge in [0.05, 0.1) is 40.2 Å². The van der Waals surface area contributed by atoms with Crippen molar-refractivity contribution < 1.29 is 4.79 Å². The van der Waals surface area contributed by atoms with E-state index in [0.717, 1.165) is 23.4 Å². The molecule has 1 aromatic carbocycles. The number of hydrogen-bond donors (Lipinski definition) is 0. The molecular weight excluding hydrogens is 308 g/mol. The van der Waals surface area contributed by atoms with Crippen molar-refractivity contribution in [3.63, 3.8) is 0 Å². The Morgan fingerprint density at radius 1 is 1.17 bits per heavy atom. The maximum absolute atomic E-state index is 12.2. The number of nitrogens with zero attached hydrogens (tertiary/aromatic N) is 4. The Hall–Kier alpha value is -2.44. The summed E-state index contributed by atoms with van der Waals surface area (Å²) in [5.74, 6) is 0.0108. The molecule has 0 aliphatic heterocycles. The Kier molecular flexibility index (Phi) is 6.53. The summed E-state index contributed by atoms with van der Waals surface area (Å²) in [5, 5.41) is 18.4. The van der Waals surface area contributed by atoms with Gasteiger partial charge in [0.2, 0.25) is 5.91 Å². The van der Waals surface area contributed by atoms with Gasteiger partial charge in [-0.25, -0.2) is 4.98 Å². The highest BCUT2D eigenvalue weighted by molar-refractivity contribution is 7.18. The van der Waals surface area contributed by atoms with Crippen molar-refractivity contribution >= 4 is 27.5 Å². The van der Waals surface area contributed by atoms with Crippen molar-refractivity contribution in [3.05, 3.63) is 29.3 Å². The van der Waals surface area contributed by atoms with Crippen molar-refractivity contribution in [3.8, 4) is 12.1 Å². The Morgan fingerprint density at radius 3 is 2.52 bits per heavy atom. The van der Waals surface area contributed by atoms with Gasteiger partial charge in [-0.2, -0.15) is 10.5 Å². The van der Waals surface area contributed by atoms with E-state index in [1.165, 1.54) is 4.70 Å². The second kappa shape index (κ2) is 8.87. The molecule has 0 bridgehead atoms. The zero-order valence-electron chi connectivity index (χ0n) is 12.9. The average molecular weight is 326 g/mol. The lowest BCUT2D eigenvalue weighted by Gasteiger charge is -2.20. The number of rotatable bonds is 8. The van der Waals surface area contributed by atoms with Crippen molar-refractivity contribution in [2.75, 3.05) is 13.1 Å².